The Balaban J connectivity index is 1.60. The summed E-state index contributed by atoms with van der Waals surface area (Å²) in [6, 6.07) is 10.5. The summed E-state index contributed by atoms with van der Waals surface area (Å²) >= 11 is 0. The van der Waals surface area contributed by atoms with Gasteiger partial charge in [-0.15, -0.1) is 0 Å². The zero-order valence-corrected chi connectivity index (χ0v) is 11.9. The van der Waals surface area contributed by atoms with E-state index in [-0.39, 0.29) is 5.82 Å². The van der Waals surface area contributed by atoms with Crippen LogP contribution < -0.4 is 10.6 Å². The first-order chi connectivity index (χ1) is 10.2. The lowest BCUT2D eigenvalue weighted by Crippen LogP contribution is -2.46. The SMILES string of the molecule is Nc1ccc(F)cc1CN1CCN(c2ccccn2)CC1. The number of halogens is 1. The summed E-state index contributed by atoms with van der Waals surface area (Å²) in [6.45, 7) is 4.39. The Morgan fingerprint density at radius 3 is 2.62 bits per heavy atom. The van der Waals surface area contributed by atoms with E-state index in [0.29, 0.717) is 12.2 Å². The minimum atomic E-state index is -0.230. The molecule has 1 fully saturated rings. The van der Waals surface area contributed by atoms with E-state index in [2.05, 4.69) is 14.8 Å². The molecule has 110 valence electrons. The molecule has 1 aliphatic rings. The Kier molecular flexibility index (Phi) is 4.01. The highest BCUT2D eigenvalue weighted by molar-refractivity contribution is 5.46. The average Bonchev–Trinajstić information content (AvgIpc) is 2.53. The van der Waals surface area contributed by atoms with Gasteiger partial charge in [-0.3, -0.25) is 4.90 Å². The second kappa shape index (κ2) is 6.10. The number of hydrogen-bond acceptors (Lipinski definition) is 4. The normalized spacial score (nSPS) is 16.1. The molecule has 0 bridgehead atoms. The molecule has 1 saturated heterocycles. The molecule has 4 nitrogen and oxygen atoms in total. The van der Waals surface area contributed by atoms with Crippen LogP contribution in [0.2, 0.25) is 0 Å². The van der Waals surface area contributed by atoms with Crippen molar-refractivity contribution in [2.45, 2.75) is 6.54 Å². The van der Waals surface area contributed by atoms with E-state index >= 15 is 0 Å². The monoisotopic (exact) mass is 286 g/mol. The quantitative estimate of drug-likeness (QED) is 0.878. The molecule has 3 rings (SSSR count). The molecule has 2 N–H and O–H groups in total. The number of pyridine rings is 1. The molecule has 0 unspecified atom stereocenters. The maximum Gasteiger partial charge on any atom is 0.128 e. The first kappa shape index (κ1) is 13.8. The lowest BCUT2D eigenvalue weighted by atomic mass is 10.1. The van der Waals surface area contributed by atoms with Crippen LogP contribution in [-0.2, 0) is 6.54 Å². The van der Waals surface area contributed by atoms with Gasteiger partial charge in [0.05, 0.1) is 0 Å². The molecule has 1 aromatic carbocycles. The lowest BCUT2D eigenvalue weighted by molar-refractivity contribution is 0.249. The predicted molar refractivity (Wildman–Crippen MR) is 82.5 cm³/mol. The highest BCUT2D eigenvalue weighted by Gasteiger charge is 2.18. The van der Waals surface area contributed by atoms with Gasteiger partial charge in [-0.1, -0.05) is 6.07 Å². The van der Waals surface area contributed by atoms with Crippen LogP contribution in [0, 0.1) is 5.82 Å². The fraction of sp³-hybridized carbons (Fsp3) is 0.312. The van der Waals surface area contributed by atoms with Crippen LogP contribution in [0.5, 0.6) is 0 Å². The van der Waals surface area contributed by atoms with E-state index in [4.69, 9.17) is 5.73 Å². The summed E-state index contributed by atoms with van der Waals surface area (Å²) in [6.07, 6.45) is 1.81. The second-order valence-electron chi connectivity index (χ2n) is 5.29. The third kappa shape index (κ3) is 3.31. The van der Waals surface area contributed by atoms with Crippen LogP contribution in [0.25, 0.3) is 0 Å². The Labute approximate surface area is 124 Å². The number of nitrogens with zero attached hydrogens (tertiary/aromatic N) is 3. The van der Waals surface area contributed by atoms with Crippen LogP contribution >= 0.6 is 0 Å². The molecule has 2 heterocycles. The van der Waals surface area contributed by atoms with Gasteiger partial charge in [0.25, 0.3) is 0 Å². The van der Waals surface area contributed by atoms with E-state index in [1.165, 1.54) is 12.1 Å². The van der Waals surface area contributed by atoms with E-state index in [0.717, 1.165) is 37.6 Å². The zero-order valence-electron chi connectivity index (χ0n) is 11.9. The topological polar surface area (TPSA) is 45.4 Å². The Morgan fingerprint density at radius 2 is 1.90 bits per heavy atom. The minimum absolute atomic E-state index is 0.230. The number of anilines is 2. The molecule has 2 aromatic rings. The van der Waals surface area contributed by atoms with Crippen LogP contribution in [0.3, 0.4) is 0 Å². The highest BCUT2D eigenvalue weighted by Crippen LogP contribution is 2.18. The van der Waals surface area contributed by atoms with Crippen molar-refractivity contribution in [1.29, 1.82) is 0 Å². The van der Waals surface area contributed by atoms with Crippen molar-refractivity contribution in [3.8, 4) is 0 Å². The molecule has 0 spiro atoms. The average molecular weight is 286 g/mol. The first-order valence-corrected chi connectivity index (χ1v) is 7.14. The van der Waals surface area contributed by atoms with E-state index in [1.54, 1.807) is 6.07 Å². The standard InChI is InChI=1S/C16H19FN4/c17-14-4-5-15(18)13(11-14)12-20-7-9-21(10-8-20)16-3-1-2-6-19-16/h1-6,11H,7-10,12,18H2. The number of aromatic nitrogens is 1. The van der Waals surface area contributed by atoms with E-state index in [1.807, 2.05) is 24.4 Å². The summed E-state index contributed by atoms with van der Waals surface area (Å²) < 4.78 is 13.3. The van der Waals surface area contributed by atoms with Crippen molar-refractivity contribution in [3.63, 3.8) is 0 Å². The third-order valence-corrected chi connectivity index (χ3v) is 3.84. The Bertz CT molecular complexity index is 594. The number of nitrogens with two attached hydrogens (primary N) is 1. The smallest absolute Gasteiger partial charge is 0.128 e. The van der Waals surface area contributed by atoms with Crippen molar-refractivity contribution in [1.82, 2.24) is 9.88 Å². The number of benzene rings is 1. The van der Waals surface area contributed by atoms with Crippen LogP contribution in [0.1, 0.15) is 5.56 Å². The van der Waals surface area contributed by atoms with Gasteiger partial charge in [0.2, 0.25) is 0 Å². The maximum atomic E-state index is 13.3. The van der Waals surface area contributed by atoms with Gasteiger partial charge in [-0.05, 0) is 35.9 Å². The fourth-order valence-electron chi connectivity index (χ4n) is 2.63. The van der Waals surface area contributed by atoms with Gasteiger partial charge in [0.1, 0.15) is 11.6 Å². The Hall–Kier alpha value is -2.14. The highest BCUT2D eigenvalue weighted by atomic mass is 19.1. The van der Waals surface area contributed by atoms with Crippen molar-refractivity contribution in [2.75, 3.05) is 36.8 Å². The zero-order chi connectivity index (χ0) is 14.7. The van der Waals surface area contributed by atoms with Crippen LogP contribution in [0.15, 0.2) is 42.6 Å². The number of nitrogen functional groups attached to an aromatic ring is 1. The molecular weight excluding hydrogens is 267 g/mol. The molecular formula is C16H19FN4. The van der Waals surface area contributed by atoms with Gasteiger partial charge in [-0.2, -0.15) is 0 Å². The van der Waals surface area contributed by atoms with Crippen LogP contribution in [0.4, 0.5) is 15.9 Å². The number of rotatable bonds is 3. The third-order valence-electron chi connectivity index (χ3n) is 3.84. The summed E-state index contributed by atoms with van der Waals surface area (Å²) in [7, 11) is 0. The molecule has 1 aliphatic heterocycles. The summed E-state index contributed by atoms with van der Waals surface area (Å²) in [5.41, 5.74) is 7.43. The van der Waals surface area contributed by atoms with Gasteiger partial charge >= 0.3 is 0 Å². The Morgan fingerprint density at radius 1 is 1.10 bits per heavy atom. The molecule has 0 radical (unpaired) electrons. The summed E-state index contributed by atoms with van der Waals surface area (Å²) in [4.78, 5) is 8.94. The molecule has 21 heavy (non-hydrogen) atoms. The van der Waals surface area contributed by atoms with Crippen molar-refractivity contribution < 1.29 is 4.39 Å². The molecule has 0 amide bonds. The summed E-state index contributed by atoms with van der Waals surface area (Å²) in [5.74, 6) is 0.786. The van der Waals surface area contributed by atoms with Gasteiger partial charge in [0, 0.05) is 44.6 Å². The lowest BCUT2D eigenvalue weighted by Gasteiger charge is -2.35. The number of piperazine rings is 1. The van der Waals surface area contributed by atoms with E-state index < -0.39 is 0 Å². The van der Waals surface area contributed by atoms with Gasteiger partial charge in [0.15, 0.2) is 0 Å². The molecule has 0 atom stereocenters. The van der Waals surface area contributed by atoms with Gasteiger partial charge in [-0.25, -0.2) is 9.37 Å². The molecule has 5 heteroatoms. The first-order valence-electron chi connectivity index (χ1n) is 7.14. The molecule has 1 aromatic heterocycles. The molecule has 0 aliphatic carbocycles. The van der Waals surface area contributed by atoms with Crippen molar-refractivity contribution in [3.05, 3.63) is 54.0 Å². The fourth-order valence-corrected chi connectivity index (χ4v) is 2.63. The second-order valence-corrected chi connectivity index (χ2v) is 5.29. The van der Waals surface area contributed by atoms with Crippen molar-refractivity contribution in [2.24, 2.45) is 0 Å². The van der Waals surface area contributed by atoms with Gasteiger partial charge < -0.3 is 10.6 Å². The number of hydrogen-bond donors (Lipinski definition) is 1. The van der Waals surface area contributed by atoms with Crippen molar-refractivity contribution >= 4 is 11.5 Å². The van der Waals surface area contributed by atoms with Crippen LogP contribution in [-0.4, -0.2) is 36.1 Å². The summed E-state index contributed by atoms with van der Waals surface area (Å²) in [5, 5.41) is 0. The molecule has 0 saturated carbocycles. The predicted octanol–water partition coefficient (Wildman–Crippen LogP) is 2.13. The largest absolute Gasteiger partial charge is 0.398 e. The maximum absolute atomic E-state index is 13.3. The minimum Gasteiger partial charge on any atom is -0.398 e. The van der Waals surface area contributed by atoms with E-state index in [9.17, 15) is 4.39 Å².